The van der Waals surface area contributed by atoms with Crippen molar-refractivity contribution >= 4 is 0 Å². The number of benzene rings is 1. The van der Waals surface area contributed by atoms with E-state index in [2.05, 4.69) is 4.90 Å². The van der Waals surface area contributed by atoms with Crippen LogP contribution in [0.15, 0.2) is 30.3 Å². The molecular formula is C13H18FNO. The van der Waals surface area contributed by atoms with Gasteiger partial charge in [-0.3, -0.25) is 9.29 Å². The van der Waals surface area contributed by atoms with Gasteiger partial charge in [0.2, 0.25) is 0 Å². The number of hydrogen-bond acceptors (Lipinski definition) is 2. The summed E-state index contributed by atoms with van der Waals surface area (Å²) in [5, 5.41) is 0. The summed E-state index contributed by atoms with van der Waals surface area (Å²) in [5.74, 6) is 1.15. The SMILES string of the molecule is FC[C@@H]1CCN(CCOc2ccccc2)C1. The second-order valence-corrected chi connectivity index (χ2v) is 4.27. The zero-order valence-electron chi connectivity index (χ0n) is 9.44. The van der Waals surface area contributed by atoms with Gasteiger partial charge in [-0.15, -0.1) is 0 Å². The average Bonchev–Trinajstić information content (AvgIpc) is 2.78. The van der Waals surface area contributed by atoms with E-state index in [1.807, 2.05) is 30.3 Å². The zero-order chi connectivity index (χ0) is 11.2. The molecule has 1 aromatic carbocycles. The first-order valence-electron chi connectivity index (χ1n) is 5.84. The molecule has 16 heavy (non-hydrogen) atoms. The summed E-state index contributed by atoms with van der Waals surface area (Å²) >= 11 is 0. The fraction of sp³-hybridized carbons (Fsp3) is 0.538. The topological polar surface area (TPSA) is 12.5 Å². The van der Waals surface area contributed by atoms with Gasteiger partial charge in [0.1, 0.15) is 12.4 Å². The lowest BCUT2D eigenvalue weighted by Gasteiger charge is -2.15. The Labute approximate surface area is 96.0 Å². The van der Waals surface area contributed by atoms with Gasteiger partial charge in [-0.1, -0.05) is 18.2 Å². The maximum atomic E-state index is 12.4. The first kappa shape index (κ1) is 11.4. The third-order valence-corrected chi connectivity index (χ3v) is 3.01. The molecule has 0 aromatic heterocycles. The molecule has 1 aliphatic rings. The number of para-hydroxylation sites is 1. The highest BCUT2D eigenvalue weighted by Gasteiger charge is 2.21. The lowest BCUT2D eigenvalue weighted by atomic mass is 10.1. The van der Waals surface area contributed by atoms with E-state index >= 15 is 0 Å². The lowest BCUT2D eigenvalue weighted by molar-refractivity contribution is 0.228. The van der Waals surface area contributed by atoms with E-state index < -0.39 is 0 Å². The molecule has 2 nitrogen and oxygen atoms in total. The smallest absolute Gasteiger partial charge is 0.119 e. The molecule has 0 unspecified atom stereocenters. The fourth-order valence-corrected chi connectivity index (χ4v) is 2.05. The third-order valence-electron chi connectivity index (χ3n) is 3.01. The summed E-state index contributed by atoms with van der Waals surface area (Å²) in [4.78, 5) is 2.27. The molecule has 0 N–H and O–H groups in total. The number of rotatable bonds is 5. The van der Waals surface area contributed by atoms with Crippen LogP contribution in [0.5, 0.6) is 5.75 Å². The normalized spacial score (nSPS) is 21.2. The maximum Gasteiger partial charge on any atom is 0.119 e. The Kier molecular flexibility index (Phi) is 4.17. The van der Waals surface area contributed by atoms with Gasteiger partial charge in [0.05, 0.1) is 6.67 Å². The van der Waals surface area contributed by atoms with Gasteiger partial charge in [0.25, 0.3) is 0 Å². The van der Waals surface area contributed by atoms with Gasteiger partial charge in [-0.2, -0.15) is 0 Å². The third kappa shape index (κ3) is 3.20. The number of alkyl halides is 1. The van der Waals surface area contributed by atoms with E-state index in [0.717, 1.165) is 31.8 Å². The van der Waals surface area contributed by atoms with Crippen LogP contribution in [0.3, 0.4) is 0 Å². The van der Waals surface area contributed by atoms with E-state index in [1.165, 1.54) is 0 Å². The molecule has 88 valence electrons. The summed E-state index contributed by atoms with van der Waals surface area (Å²) in [6, 6.07) is 9.80. The van der Waals surface area contributed by atoms with Crippen LogP contribution in [0.25, 0.3) is 0 Å². The molecule has 0 saturated carbocycles. The summed E-state index contributed by atoms with van der Waals surface area (Å²) in [6.45, 7) is 3.28. The Bertz CT molecular complexity index is 304. The molecule has 0 amide bonds. The molecule has 3 heteroatoms. The molecule has 1 aliphatic heterocycles. The average molecular weight is 223 g/mol. The molecule has 1 atom stereocenters. The number of likely N-dealkylation sites (tertiary alicyclic amines) is 1. The van der Waals surface area contributed by atoms with Gasteiger partial charge < -0.3 is 4.74 Å². The van der Waals surface area contributed by atoms with Crippen LogP contribution in [0.4, 0.5) is 4.39 Å². The molecule has 0 bridgehead atoms. The molecule has 0 radical (unpaired) electrons. The summed E-state index contributed by atoms with van der Waals surface area (Å²) in [7, 11) is 0. The first-order valence-corrected chi connectivity index (χ1v) is 5.84. The highest BCUT2D eigenvalue weighted by Crippen LogP contribution is 2.16. The number of halogens is 1. The van der Waals surface area contributed by atoms with Crippen molar-refractivity contribution in [2.75, 3.05) is 32.9 Å². The van der Waals surface area contributed by atoms with Crippen LogP contribution in [-0.2, 0) is 0 Å². The Morgan fingerprint density at radius 2 is 2.12 bits per heavy atom. The lowest BCUT2D eigenvalue weighted by Crippen LogP contribution is -2.26. The summed E-state index contributed by atoms with van der Waals surface area (Å²) in [6.07, 6.45) is 0.988. The molecule has 1 heterocycles. The van der Waals surface area contributed by atoms with Crippen LogP contribution < -0.4 is 4.74 Å². The Morgan fingerprint density at radius 3 is 2.81 bits per heavy atom. The van der Waals surface area contributed by atoms with Gasteiger partial charge in [-0.05, 0) is 25.1 Å². The van der Waals surface area contributed by atoms with Gasteiger partial charge in [0, 0.05) is 19.0 Å². The Morgan fingerprint density at radius 1 is 1.31 bits per heavy atom. The number of hydrogen-bond donors (Lipinski definition) is 0. The molecule has 2 rings (SSSR count). The van der Waals surface area contributed by atoms with E-state index in [9.17, 15) is 4.39 Å². The number of nitrogens with zero attached hydrogens (tertiary/aromatic N) is 1. The van der Waals surface area contributed by atoms with Crippen molar-refractivity contribution in [1.29, 1.82) is 0 Å². The van der Waals surface area contributed by atoms with Crippen LogP contribution >= 0.6 is 0 Å². The van der Waals surface area contributed by atoms with Crippen molar-refractivity contribution in [1.82, 2.24) is 4.90 Å². The van der Waals surface area contributed by atoms with Crippen molar-refractivity contribution in [3.8, 4) is 5.75 Å². The Balaban J connectivity index is 1.65. The minimum absolute atomic E-state index is 0.184. The molecular weight excluding hydrogens is 205 g/mol. The first-order chi connectivity index (χ1) is 7.88. The van der Waals surface area contributed by atoms with Crippen LogP contribution in [0.2, 0.25) is 0 Å². The van der Waals surface area contributed by atoms with Gasteiger partial charge in [-0.25, -0.2) is 0 Å². The van der Waals surface area contributed by atoms with Crippen LogP contribution in [0, 0.1) is 5.92 Å². The largest absolute Gasteiger partial charge is 0.492 e. The zero-order valence-corrected chi connectivity index (χ0v) is 9.44. The fourth-order valence-electron chi connectivity index (χ4n) is 2.05. The van der Waals surface area contributed by atoms with E-state index in [1.54, 1.807) is 0 Å². The van der Waals surface area contributed by atoms with E-state index in [0.29, 0.717) is 6.61 Å². The highest BCUT2D eigenvalue weighted by molar-refractivity contribution is 5.20. The Hall–Kier alpha value is -1.09. The second-order valence-electron chi connectivity index (χ2n) is 4.27. The van der Waals surface area contributed by atoms with Crippen molar-refractivity contribution in [2.45, 2.75) is 6.42 Å². The number of ether oxygens (including phenoxy) is 1. The summed E-state index contributed by atoms with van der Waals surface area (Å²) < 4.78 is 18.0. The van der Waals surface area contributed by atoms with Crippen molar-refractivity contribution in [2.24, 2.45) is 5.92 Å². The standard InChI is InChI=1S/C13H18FNO/c14-10-12-6-7-15(11-12)8-9-16-13-4-2-1-3-5-13/h1-5,12H,6-11H2/t12-/m0/s1. The predicted octanol–water partition coefficient (Wildman–Crippen LogP) is 2.36. The van der Waals surface area contributed by atoms with Crippen molar-refractivity contribution in [3.63, 3.8) is 0 Å². The van der Waals surface area contributed by atoms with Crippen molar-refractivity contribution in [3.05, 3.63) is 30.3 Å². The second kappa shape index (κ2) is 5.85. The van der Waals surface area contributed by atoms with E-state index in [4.69, 9.17) is 4.74 Å². The monoisotopic (exact) mass is 223 g/mol. The minimum atomic E-state index is -0.184. The maximum absolute atomic E-state index is 12.4. The highest BCUT2D eigenvalue weighted by atomic mass is 19.1. The van der Waals surface area contributed by atoms with Gasteiger partial charge in [0.15, 0.2) is 0 Å². The predicted molar refractivity (Wildman–Crippen MR) is 62.5 cm³/mol. The summed E-state index contributed by atoms with van der Waals surface area (Å²) in [5.41, 5.74) is 0. The molecule has 0 aliphatic carbocycles. The molecule has 1 saturated heterocycles. The van der Waals surface area contributed by atoms with Crippen LogP contribution in [-0.4, -0.2) is 37.8 Å². The molecule has 1 fully saturated rings. The molecule has 0 spiro atoms. The van der Waals surface area contributed by atoms with E-state index in [-0.39, 0.29) is 12.6 Å². The minimum Gasteiger partial charge on any atom is -0.492 e. The van der Waals surface area contributed by atoms with Gasteiger partial charge >= 0.3 is 0 Å². The van der Waals surface area contributed by atoms with Crippen LogP contribution in [0.1, 0.15) is 6.42 Å². The van der Waals surface area contributed by atoms with Crippen molar-refractivity contribution < 1.29 is 9.13 Å². The quantitative estimate of drug-likeness (QED) is 0.759. The molecule has 1 aromatic rings.